The van der Waals surface area contributed by atoms with E-state index in [2.05, 4.69) is 32.2 Å². The summed E-state index contributed by atoms with van der Waals surface area (Å²) in [4.78, 5) is 0. The molecule has 1 nitrogen and oxygen atoms in total. The monoisotopic (exact) mass is 167 g/mol. The number of allylic oxidation sites excluding steroid dienone is 1. The quantitative estimate of drug-likeness (QED) is 0.634. The van der Waals surface area contributed by atoms with Crippen LogP contribution in [0.15, 0.2) is 11.8 Å². The van der Waals surface area contributed by atoms with Crippen LogP contribution in [0.3, 0.4) is 0 Å². The fourth-order valence-corrected chi connectivity index (χ4v) is 1.93. The molecule has 2 unspecified atom stereocenters. The minimum absolute atomic E-state index is 0.719. The molecule has 12 heavy (non-hydrogen) atoms. The largest absolute Gasteiger partial charge is 0.386 e. The van der Waals surface area contributed by atoms with Gasteiger partial charge in [-0.3, -0.25) is 0 Å². The van der Waals surface area contributed by atoms with Crippen molar-refractivity contribution in [3.63, 3.8) is 0 Å². The Bertz CT molecular complexity index is 160. The van der Waals surface area contributed by atoms with Crippen molar-refractivity contribution in [2.24, 2.45) is 5.92 Å². The van der Waals surface area contributed by atoms with Gasteiger partial charge in [0.15, 0.2) is 0 Å². The first-order valence-corrected chi connectivity index (χ1v) is 5.19. The molecule has 0 spiro atoms. The molecule has 0 saturated heterocycles. The van der Waals surface area contributed by atoms with Crippen LogP contribution in [0.5, 0.6) is 0 Å². The SMILES string of the molecule is CCCCCC1NC(C)=CC1C. The van der Waals surface area contributed by atoms with E-state index in [1.165, 1.54) is 31.4 Å². The van der Waals surface area contributed by atoms with Crippen molar-refractivity contribution in [3.8, 4) is 0 Å². The maximum Gasteiger partial charge on any atom is 0.0318 e. The highest BCUT2D eigenvalue weighted by Gasteiger charge is 2.19. The highest BCUT2D eigenvalue weighted by molar-refractivity contribution is 5.09. The fraction of sp³-hybridized carbons (Fsp3) is 0.818. The van der Waals surface area contributed by atoms with Crippen LogP contribution < -0.4 is 5.32 Å². The molecule has 1 N–H and O–H groups in total. The van der Waals surface area contributed by atoms with Gasteiger partial charge in [-0.2, -0.15) is 0 Å². The normalized spacial score (nSPS) is 28.4. The lowest BCUT2D eigenvalue weighted by Crippen LogP contribution is -2.26. The Balaban J connectivity index is 2.18. The topological polar surface area (TPSA) is 12.0 Å². The lowest BCUT2D eigenvalue weighted by Gasteiger charge is -2.16. The van der Waals surface area contributed by atoms with Gasteiger partial charge in [0.2, 0.25) is 0 Å². The van der Waals surface area contributed by atoms with Crippen LogP contribution in [0.25, 0.3) is 0 Å². The highest BCUT2D eigenvalue weighted by Crippen LogP contribution is 2.20. The summed E-state index contributed by atoms with van der Waals surface area (Å²) in [5, 5.41) is 3.52. The standard InChI is InChI=1S/C11H21N/c1-4-5-6-7-11-9(2)8-10(3)12-11/h8-9,11-12H,4-7H2,1-3H3. The zero-order valence-electron chi connectivity index (χ0n) is 8.56. The van der Waals surface area contributed by atoms with Gasteiger partial charge in [0.25, 0.3) is 0 Å². The van der Waals surface area contributed by atoms with Gasteiger partial charge in [-0.15, -0.1) is 0 Å². The number of nitrogens with one attached hydrogen (secondary N) is 1. The third kappa shape index (κ3) is 2.54. The molecule has 0 aromatic rings. The van der Waals surface area contributed by atoms with E-state index in [-0.39, 0.29) is 0 Å². The fourth-order valence-electron chi connectivity index (χ4n) is 1.93. The van der Waals surface area contributed by atoms with Gasteiger partial charge >= 0.3 is 0 Å². The molecule has 1 aliphatic heterocycles. The number of unbranched alkanes of at least 4 members (excludes halogenated alkanes) is 2. The van der Waals surface area contributed by atoms with Crippen molar-refractivity contribution >= 4 is 0 Å². The molecule has 0 aromatic heterocycles. The van der Waals surface area contributed by atoms with Gasteiger partial charge in [-0.1, -0.05) is 39.2 Å². The van der Waals surface area contributed by atoms with Gasteiger partial charge in [0.05, 0.1) is 0 Å². The molecule has 0 aromatic carbocycles. The Morgan fingerprint density at radius 1 is 1.42 bits per heavy atom. The van der Waals surface area contributed by atoms with Crippen LogP contribution in [-0.4, -0.2) is 6.04 Å². The van der Waals surface area contributed by atoms with Gasteiger partial charge in [0, 0.05) is 11.7 Å². The molecule has 1 aliphatic rings. The van der Waals surface area contributed by atoms with Crippen LogP contribution >= 0.6 is 0 Å². The van der Waals surface area contributed by atoms with Gasteiger partial charge in [-0.05, 0) is 19.3 Å². The van der Waals surface area contributed by atoms with Gasteiger partial charge < -0.3 is 5.32 Å². The van der Waals surface area contributed by atoms with Gasteiger partial charge in [0.1, 0.15) is 0 Å². The second-order valence-electron chi connectivity index (χ2n) is 3.96. The van der Waals surface area contributed by atoms with Crippen LogP contribution in [0.1, 0.15) is 46.5 Å². The van der Waals surface area contributed by atoms with E-state index >= 15 is 0 Å². The highest BCUT2D eigenvalue weighted by atomic mass is 14.9. The Kier molecular flexibility index (Phi) is 3.64. The van der Waals surface area contributed by atoms with Crippen molar-refractivity contribution in [1.82, 2.24) is 5.32 Å². The molecule has 1 heteroatoms. The molecular formula is C11H21N. The van der Waals surface area contributed by atoms with Crippen molar-refractivity contribution in [2.75, 3.05) is 0 Å². The number of rotatable bonds is 4. The first kappa shape index (κ1) is 9.63. The van der Waals surface area contributed by atoms with E-state index in [0.29, 0.717) is 0 Å². The third-order valence-electron chi connectivity index (χ3n) is 2.68. The van der Waals surface area contributed by atoms with Crippen LogP contribution in [0.4, 0.5) is 0 Å². The average Bonchev–Trinajstić information content (AvgIpc) is 2.31. The zero-order valence-corrected chi connectivity index (χ0v) is 8.56. The molecule has 0 radical (unpaired) electrons. The molecule has 0 bridgehead atoms. The molecule has 2 atom stereocenters. The maximum atomic E-state index is 3.52. The molecule has 1 rings (SSSR count). The summed E-state index contributed by atoms with van der Waals surface area (Å²) in [5.74, 6) is 0.738. The zero-order chi connectivity index (χ0) is 8.97. The summed E-state index contributed by atoms with van der Waals surface area (Å²) in [7, 11) is 0. The van der Waals surface area contributed by atoms with Crippen molar-refractivity contribution in [3.05, 3.63) is 11.8 Å². The van der Waals surface area contributed by atoms with Crippen molar-refractivity contribution in [2.45, 2.75) is 52.5 Å². The van der Waals surface area contributed by atoms with E-state index in [1.807, 2.05) is 0 Å². The molecule has 0 fully saturated rings. The summed E-state index contributed by atoms with van der Waals surface area (Å²) >= 11 is 0. The summed E-state index contributed by atoms with van der Waals surface area (Å²) in [6.45, 7) is 6.73. The lowest BCUT2D eigenvalue weighted by molar-refractivity contribution is 0.451. The predicted octanol–water partition coefficient (Wildman–Crippen LogP) is 3.08. The Labute approximate surface area is 76.2 Å². The van der Waals surface area contributed by atoms with Gasteiger partial charge in [-0.25, -0.2) is 0 Å². The van der Waals surface area contributed by atoms with E-state index in [0.717, 1.165) is 12.0 Å². The summed E-state index contributed by atoms with van der Waals surface area (Å²) in [6, 6.07) is 0.719. The second-order valence-corrected chi connectivity index (χ2v) is 3.96. The van der Waals surface area contributed by atoms with E-state index in [1.54, 1.807) is 0 Å². The molecule has 0 amide bonds. The smallest absolute Gasteiger partial charge is 0.0318 e. The molecular weight excluding hydrogens is 146 g/mol. The minimum Gasteiger partial charge on any atom is -0.386 e. The van der Waals surface area contributed by atoms with Crippen LogP contribution in [0, 0.1) is 5.92 Å². The first-order valence-electron chi connectivity index (χ1n) is 5.19. The molecule has 70 valence electrons. The van der Waals surface area contributed by atoms with E-state index in [9.17, 15) is 0 Å². The number of hydrogen-bond acceptors (Lipinski definition) is 1. The minimum atomic E-state index is 0.719. The van der Waals surface area contributed by atoms with Crippen molar-refractivity contribution in [1.29, 1.82) is 0 Å². The Morgan fingerprint density at radius 2 is 2.17 bits per heavy atom. The average molecular weight is 167 g/mol. The lowest BCUT2D eigenvalue weighted by atomic mass is 9.99. The first-order chi connectivity index (χ1) is 5.74. The molecule has 1 heterocycles. The second kappa shape index (κ2) is 4.54. The van der Waals surface area contributed by atoms with Crippen molar-refractivity contribution < 1.29 is 0 Å². The predicted molar refractivity (Wildman–Crippen MR) is 54.0 cm³/mol. The Hall–Kier alpha value is -0.460. The summed E-state index contributed by atoms with van der Waals surface area (Å²) in [6.07, 6.45) is 7.76. The molecule has 0 saturated carbocycles. The number of hydrogen-bond donors (Lipinski definition) is 1. The maximum absolute atomic E-state index is 3.52. The molecule has 0 aliphatic carbocycles. The van der Waals surface area contributed by atoms with Crippen LogP contribution in [0.2, 0.25) is 0 Å². The third-order valence-corrected chi connectivity index (χ3v) is 2.68. The Morgan fingerprint density at radius 3 is 2.67 bits per heavy atom. The summed E-state index contributed by atoms with van der Waals surface area (Å²) < 4.78 is 0. The van der Waals surface area contributed by atoms with E-state index in [4.69, 9.17) is 0 Å². The van der Waals surface area contributed by atoms with Crippen LogP contribution in [-0.2, 0) is 0 Å². The summed E-state index contributed by atoms with van der Waals surface area (Å²) in [5.41, 5.74) is 1.36. The van der Waals surface area contributed by atoms with E-state index < -0.39 is 0 Å².